The Kier molecular flexibility index (Phi) is 8.67. The molecule has 0 aromatic heterocycles. The zero-order valence-corrected chi connectivity index (χ0v) is 25.2. The lowest BCUT2D eigenvalue weighted by molar-refractivity contribution is -0.157. The highest BCUT2D eigenvalue weighted by atomic mass is 16.5. The van der Waals surface area contributed by atoms with Crippen LogP contribution in [0.15, 0.2) is 48.5 Å². The third kappa shape index (κ3) is 6.06. The SMILES string of the molecule is COc1ccc(C(C)(C)C)cc1CN[C@H]1[C@H](C(C)(C)C)[C@@H](C(=O)O)N(C(=O)[C@@H](OC)C2CC2)[C@H]1c1ccccc1. The first-order valence-corrected chi connectivity index (χ1v) is 14.3. The third-order valence-electron chi connectivity index (χ3n) is 8.54. The fourth-order valence-corrected chi connectivity index (χ4v) is 6.38. The van der Waals surface area contributed by atoms with E-state index in [0.29, 0.717) is 6.54 Å². The molecule has 0 unspecified atom stereocenters. The Morgan fingerprint density at radius 2 is 1.68 bits per heavy atom. The third-order valence-corrected chi connectivity index (χ3v) is 8.54. The Morgan fingerprint density at radius 1 is 1.02 bits per heavy atom. The number of carbonyl (C=O) groups excluding carboxylic acids is 1. The van der Waals surface area contributed by atoms with Crippen LogP contribution >= 0.6 is 0 Å². The van der Waals surface area contributed by atoms with Gasteiger partial charge in [-0.25, -0.2) is 4.79 Å². The number of likely N-dealkylation sites (tertiary alicyclic amines) is 1. The lowest BCUT2D eigenvalue weighted by Gasteiger charge is -2.35. The van der Waals surface area contributed by atoms with E-state index in [-0.39, 0.29) is 29.2 Å². The van der Waals surface area contributed by atoms with Gasteiger partial charge >= 0.3 is 5.97 Å². The summed E-state index contributed by atoms with van der Waals surface area (Å²) in [5.74, 6) is -0.688. The normalized spacial score (nSPS) is 24.1. The molecular weight excluding hydrogens is 504 g/mol. The molecule has 2 N–H and O–H groups in total. The van der Waals surface area contributed by atoms with Crippen molar-refractivity contribution < 1.29 is 24.2 Å². The molecule has 1 aliphatic heterocycles. The maximum atomic E-state index is 14.2. The number of hydrogen-bond donors (Lipinski definition) is 2. The van der Waals surface area contributed by atoms with Crippen LogP contribution < -0.4 is 10.1 Å². The summed E-state index contributed by atoms with van der Waals surface area (Å²) in [7, 11) is 3.22. The number of carbonyl (C=O) groups is 2. The summed E-state index contributed by atoms with van der Waals surface area (Å²) in [5.41, 5.74) is 2.65. The largest absolute Gasteiger partial charge is 0.496 e. The molecule has 1 saturated heterocycles. The second-order valence-electron chi connectivity index (χ2n) is 13.5. The Morgan fingerprint density at radius 3 is 2.17 bits per heavy atom. The van der Waals surface area contributed by atoms with Gasteiger partial charge in [0.05, 0.1) is 13.2 Å². The van der Waals surface area contributed by atoms with Crippen molar-refractivity contribution in [3.8, 4) is 5.75 Å². The maximum Gasteiger partial charge on any atom is 0.326 e. The van der Waals surface area contributed by atoms with Crippen molar-refractivity contribution in [3.05, 3.63) is 65.2 Å². The van der Waals surface area contributed by atoms with Crippen LogP contribution in [-0.4, -0.2) is 54.3 Å². The van der Waals surface area contributed by atoms with Crippen LogP contribution in [0.25, 0.3) is 0 Å². The Hall–Kier alpha value is -2.90. The van der Waals surface area contributed by atoms with E-state index in [9.17, 15) is 14.7 Å². The van der Waals surface area contributed by atoms with Crippen molar-refractivity contribution in [3.63, 3.8) is 0 Å². The molecule has 5 atom stereocenters. The highest BCUT2D eigenvalue weighted by Crippen LogP contribution is 2.49. The van der Waals surface area contributed by atoms with Gasteiger partial charge in [-0.2, -0.15) is 0 Å². The number of hydrogen-bond acceptors (Lipinski definition) is 5. The van der Waals surface area contributed by atoms with Crippen LogP contribution in [-0.2, 0) is 26.3 Å². The molecule has 7 heteroatoms. The van der Waals surface area contributed by atoms with Gasteiger partial charge in [0.2, 0.25) is 0 Å². The van der Waals surface area contributed by atoms with Crippen molar-refractivity contribution >= 4 is 11.9 Å². The van der Waals surface area contributed by atoms with E-state index in [4.69, 9.17) is 9.47 Å². The summed E-state index contributed by atoms with van der Waals surface area (Å²) in [6.45, 7) is 13.2. The second kappa shape index (κ2) is 11.5. The zero-order chi connectivity index (χ0) is 29.4. The van der Waals surface area contributed by atoms with Gasteiger partial charge in [0.25, 0.3) is 5.91 Å². The molecule has 4 rings (SSSR count). The number of carboxylic acid groups (broad SMARTS) is 1. The van der Waals surface area contributed by atoms with Gasteiger partial charge in [-0.3, -0.25) is 4.79 Å². The van der Waals surface area contributed by atoms with Crippen molar-refractivity contribution in [2.75, 3.05) is 14.2 Å². The minimum Gasteiger partial charge on any atom is -0.496 e. The highest BCUT2D eigenvalue weighted by molar-refractivity contribution is 5.88. The predicted octanol–water partition coefficient (Wildman–Crippen LogP) is 5.57. The molecule has 2 aromatic rings. The summed E-state index contributed by atoms with van der Waals surface area (Å²) >= 11 is 0. The van der Waals surface area contributed by atoms with E-state index in [2.05, 4.69) is 59.0 Å². The topological polar surface area (TPSA) is 88.1 Å². The molecule has 40 heavy (non-hydrogen) atoms. The fourth-order valence-electron chi connectivity index (χ4n) is 6.38. The van der Waals surface area contributed by atoms with Crippen LogP contribution in [0.5, 0.6) is 5.75 Å². The van der Waals surface area contributed by atoms with Gasteiger partial charge in [-0.15, -0.1) is 0 Å². The number of rotatable bonds is 9. The monoisotopic (exact) mass is 550 g/mol. The van der Waals surface area contributed by atoms with Crippen LogP contribution in [0.3, 0.4) is 0 Å². The van der Waals surface area contributed by atoms with Crippen molar-refractivity contribution in [2.45, 2.75) is 90.6 Å². The van der Waals surface area contributed by atoms with Crippen molar-refractivity contribution in [1.82, 2.24) is 10.2 Å². The highest BCUT2D eigenvalue weighted by Gasteiger charge is 2.59. The molecule has 1 aliphatic carbocycles. The summed E-state index contributed by atoms with van der Waals surface area (Å²) in [4.78, 5) is 28.9. The molecule has 2 aromatic carbocycles. The van der Waals surface area contributed by atoms with E-state index in [1.54, 1.807) is 19.1 Å². The molecule has 0 bridgehead atoms. The minimum atomic E-state index is -1.01. The number of aliphatic carboxylic acids is 1. The van der Waals surface area contributed by atoms with E-state index >= 15 is 0 Å². The molecule has 218 valence electrons. The van der Waals surface area contributed by atoms with Crippen LogP contribution in [0.1, 0.15) is 77.1 Å². The Balaban J connectivity index is 1.82. The quantitative estimate of drug-likeness (QED) is 0.424. The molecule has 1 amide bonds. The number of ether oxygens (including phenoxy) is 2. The number of nitrogens with zero attached hydrogens (tertiary/aromatic N) is 1. The maximum absolute atomic E-state index is 14.2. The molecule has 1 heterocycles. The molecule has 2 aliphatic rings. The summed E-state index contributed by atoms with van der Waals surface area (Å²) < 4.78 is 11.4. The van der Waals surface area contributed by atoms with E-state index in [1.165, 1.54) is 5.56 Å². The standard InChI is InChI=1S/C33H46N2O5/c1-32(2,3)23-16-17-24(39-7)22(18-23)19-34-26-25(33(4,5)6)28(31(37)38)35(27(26)20-12-10-9-11-13-20)30(36)29(40-8)21-14-15-21/h9-13,16-18,21,25-29,34H,14-15,19H2,1-8H3,(H,37,38)/t25-,26-,27-,28-,29-/m0/s1. The van der Waals surface area contributed by atoms with E-state index in [0.717, 1.165) is 29.7 Å². The van der Waals surface area contributed by atoms with Crippen LogP contribution in [0, 0.1) is 17.3 Å². The van der Waals surface area contributed by atoms with Crippen molar-refractivity contribution in [1.29, 1.82) is 0 Å². The minimum absolute atomic E-state index is 0.0372. The van der Waals surface area contributed by atoms with Gasteiger partial charge in [0.15, 0.2) is 0 Å². The molecular formula is C33H46N2O5. The fraction of sp³-hybridized carbons (Fsp3) is 0.576. The molecule has 0 radical (unpaired) electrons. The number of carboxylic acids is 1. The van der Waals surface area contributed by atoms with Gasteiger partial charge < -0.3 is 24.8 Å². The first-order chi connectivity index (χ1) is 18.8. The number of amides is 1. The van der Waals surface area contributed by atoms with Crippen LogP contribution in [0.4, 0.5) is 0 Å². The van der Waals surface area contributed by atoms with E-state index < -0.39 is 29.6 Å². The summed E-state index contributed by atoms with van der Waals surface area (Å²) in [6.07, 6.45) is 1.19. The number of nitrogens with one attached hydrogen (secondary N) is 1. The van der Waals surface area contributed by atoms with Gasteiger partial charge in [-0.05, 0) is 46.8 Å². The first-order valence-electron chi connectivity index (χ1n) is 14.3. The Labute approximate surface area is 239 Å². The molecule has 1 saturated carbocycles. The van der Waals surface area contributed by atoms with Gasteiger partial charge in [-0.1, -0.05) is 84.0 Å². The lowest BCUT2D eigenvalue weighted by atomic mass is 9.72. The van der Waals surface area contributed by atoms with Gasteiger partial charge in [0, 0.05) is 31.2 Å². The zero-order valence-electron chi connectivity index (χ0n) is 25.2. The summed E-state index contributed by atoms with van der Waals surface area (Å²) in [6, 6.07) is 14.2. The predicted molar refractivity (Wildman–Crippen MR) is 156 cm³/mol. The smallest absolute Gasteiger partial charge is 0.326 e. The van der Waals surface area contributed by atoms with Gasteiger partial charge in [0.1, 0.15) is 17.9 Å². The average molecular weight is 551 g/mol. The van der Waals surface area contributed by atoms with Crippen LogP contribution in [0.2, 0.25) is 0 Å². The first kappa shape index (κ1) is 30.1. The number of methoxy groups -OCH3 is 2. The molecule has 0 spiro atoms. The van der Waals surface area contributed by atoms with Crippen molar-refractivity contribution in [2.24, 2.45) is 17.3 Å². The second-order valence-corrected chi connectivity index (χ2v) is 13.5. The van der Waals surface area contributed by atoms with E-state index in [1.807, 2.05) is 36.4 Å². The molecule has 7 nitrogen and oxygen atoms in total. The lowest BCUT2D eigenvalue weighted by Crippen LogP contribution is -2.51. The number of benzene rings is 2. The molecule has 2 fully saturated rings. The Bertz CT molecular complexity index is 1200. The average Bonchev–Trinajstić information content (AvgIpc) is 3.66. The summed E-state index contributed by atoms with van der Waals surface area (Å²) in [5, 5.41) is 14.4.